The highest BCUT2D eigenvalue weighted by Crippen LogP contribution is 2.39. The van der Waals surface area contributed by atoms with E-state index in [1.807, 2.05) is 13.8 Å². The van der Waals surface area contributed by atoms with Crippen LogP contribution in [0.5, 0.6) is 0 Å². The van der Waals surface area contributed by atoms with Crippen molar-refractivity contribution in [3.8, 4) is 0 Å². The molecule has 124 valence electrons. The number of likely N-dealkylation sites (tertiary alicyclic amines) is 1. The van der Waals surface area contributed by atoms with Crippen LogP contribution in [-0.2, 0) is 4.79 Å². The number of hydrogen-bond acceptors (Lipinski definition) is 3. The zero-order chi connectivity index (χ0) is 16.8. The molecule has 3 rings (SSSR count). The molecule has 2 saturated heterocycles. The van der Waals surface area contributed by atoms with Crippen LogP contribution in [0, 0.1) is 11.3 Å². The molecule has 0 radical (unpaired) electrons. The topological polar surface area (TPSA) is 62.3 Å². The summed E-state index contributed by atoms with van der Waals surface area (Å²) in [6.45, 7) is 5.23. The molecule has 1 unspecified atom stereocenters. The number of rotatable bonds is 2. The van der Waals surface area contributed by atoms with Crippen LogP contribution in [0.1, 0.15) is 37.0 Å². The first-order valence-electron chi connectivity index (χ1n) is 7.71. The molecule has 1 atom stereocenters. The average molecular weight is 356 g/mol. The van der Waals surface area contributed by atoms with Gasteiger partial charge in [0.1, 0.15) is 0 Å². The van der Waals surface area contributed by atoms with Gasteiger partial charge in [0, 0.05) is 31.5 Å². The first-order chi connectivity index (χ1) is 10.8. The molecule has 1 aromatic rings. The fourth-order valence-electron chi connectivity index (χ4n) is 3.49. The normalized spacial score (nSPS) is 24.1. The number of hydrogen-bond donors (Lipinski definition) is 1. The number of piperidine rings is 1. The maximum absolute atomic E-state index is 12.6. The first kappa shape index (κ1) is 16.5. The highest BCUT2D eigenvalue weighted by Gasteiger charge is 2.51. The van der Waals surface area contributed by atoms with Crippen molar-refractivity contribution < 1.29 is 9.59 Å². The highest BCUT2D eigenvalue weighted by atomic mass is 35.5. The average Bonchev–Trinajstić information content (AvgIpc) is 2.52. The second kappa shape index (κ2) is 5.95. The summed E-state index contributed by atoms with van der Waals surface area (Å²) in [5, 5.41) is 3.55. The molecule has 1 N–H and O–H groups in total. The van der Waals surface area contributed by atoms with E-state index in [4.69, 9.17) is 23.2 Å². The lowest BCUT2D eigenvalue weighted by Crippen LogP contribution is -2.68. The Bertz CT molecular complexity index is 634. The van der Waals surface area contributed by atoms with E-state index in [-0.39, 0.29) is 33.3 Å². The van der Waals surface area contributed by atoms with Crippen molar-refractivity contribution in [2.45, 2.75) is 32.7 Å². The predicted molar refractivity (Wildman–Crippen MR) is 88.6 cm³/mol. The summed E-state index contributed by atoms with van der Waals surface area (Å²) in [5.41, 5.74) is 0.00762. The van der Waals surface area contributed by atoms with Crippen LogP contribution in [0.2, 0.25) is 10.0 Å². The van der Waals surface area contributed by atoms with Gasteiger partial charge in [-0.25, -0.2) is 0 Å². The van der Waals surface area contributed by atoms with E-state index < -0.39 is 0 Å². The van der Waals surface area contributed by atoms with E-state index in [9.17, 15) is 9.59 Å². The molecule has 0 bridgehead atoms. The van der Waals surface area contributed by atoms with Crippen molar-refractivity contribution in [3.63, 3.8) is 0 Å². The van der Waals surface area contributed by atoms with Crippen LogP contribution >= 0.6 is 23.2 Å². The maximum atomic E-state index is 12.6. The highest BCUT2D eigenvalue weighted by molar-refractivity contribution is 6.39. The van der Waals surface area contributed by atoms with Crippen molar-refractivity contribution in [2.24, 2.45) is 11.3 Å². The fraction of sp³-hybridized carbons (Fsp3) is 0.562. The third-order valence-electron chi connectivity index (χ3n) is 5.01. The van der Waals surface area contributed by atoms with E-state index in [1.165, 1.54) is 12.4 Å². The van der Waals surface area contributed by atoms with Crippen molar-refractivity contribution >= 4 is 35.0 Å². The van der Waals surface area contributed by atoms with Crippen molar-refractivity contribution in [2.75, 3.05) is 13.1 Å². The number of carbonyl (C=O) groups excluding carboxylic acids is 2. The molecule has 0 saturated carbocycles. The van der Waals surface area contributed by atoms with E-state index >= 15 is 0 Å². The Morgan fingerprint density at radius 2 is 1.83 bits per heavy atom. The van der Waals surface area contributed by atoms with Gasteiger partial charge in [-0.1, -0.05) is 23.2 Å². The molecule has 2 aliphatic rings. The summed E-state index contributed by atoms with van der Waals surface area (Å²) in [5.74, 6) is 0.351. The number of aromatic nitrogens is 1. The lowest BCUT2D eigenvalue weighted by molar-refractivity contribution is -0.146. The Morgan fingerprint density at radius 3 is 2.30 bits per heavy atom. The van der Waals surface area contributed by atoms with Crippen LogP contribution in [0.25, 0.3) is 0 Å². The third-order valence-corrected chi connectivity index (χ3v) is 5.59. The standard InChI is InChI=1S/C16H19Cl2N3O2/c1-16(2)13(20-15(16)23)9-3-5-21(6-4-9)14(22)12-10(17)7-19-8-11(12)18/h7-9,13H,3-6H2,1-2H3,(H,20,23). The predicted octanol–water partition coefficient (Wildman–Crippen LogP) is 2.77. The quantitative estimate of drug-likeness (QED) is 0.829. The smallest absolute Gasteiger partial charge is 0.257 e. The lowest BCUT2D eigenvalue weighted by atomic mass is 9.68. The lowest BCUT2D eigenvalue weighted by Gasteiger charge is -2.50. The Balaban J connectivity index is 1.66. The number of nitrogens with zero attached hydrogens (tertiary/aromatic N) is 2. The largest absolute Gasteiger partial charge is 0.351 e. The maximum Gasteiger partial charge on any atom is 0.257 e. The molecule has 2 amide bonds. The number of carbonyl (C=O) groups is 2. The Labute approximate surface area is 145 Å². The monoisotopic (exact) mass is 355 g/mol. The summed E-state index contributed by atoms with van der Waals surface area (Å²) in [4.78, 5) is 29.9. The molecule has 0 aliphatic carbocycles. The van der Waals surface area contributed by atoms with Crippen LogP contribution in [0.3, 0.4) is 0 Å². The van der Waals surface area contributed by atoms with E-state index in [1.54, 1.807) is 4.90 Å². The summed E-state index contributed by atoms with van der Waals surface area (Å²) < 4.78 is 0. The zero-order valence-electron chi connectivity index (χ0n) is 13.1. The zero-order valence-corrected chi connectivity index (χ0v) is 14.6. The fourth-order valence-corrected chi connectivity index (χ4v) is 4.01. The summed E-state index contributed by atoms with van der Waals surface area (Å²) in [7, 11) is 0. The third kappa shape index (κ3) is 2.81. The van der Waals surface area contributed by atoms with Crippen LogP contribution < -0.4 is 5.32 Å². The minimum absolute atomic E-state index is 0.108. The molecule has 3 heterocycles. The van der Waals surface area contributed by atoms with Crippen LogP contribution in [0.4, 0.5) is 0 Å². The molecule has 2 aliphatic heterocycles. The Hall–Kier alpha value is -1.33. The van der Waals surface area contributed by atoms with Crippen LogP contribution in [-0.4, -0.2) is 40.8 Å². The molecule has 1 aromatic heterocycles. The first-order valence-corrected chi connectivity index (χ1v) is 8.47. The van der Waals surface area contributed by atoms with Gasteiger partial charge in [-0.3, -0.25) is 14.6 Å². The Morgan fingerprint density at radius 1 is 1.26 bits per heavy atom. The van der Waals surface area contributed by atoms with Gasteiger partial charge in [-0.05, 0) is 32.6 Å². The van der Waals surface area contributed by atoms with Gasteiger partial charge in [0.15, 0.2) is 0 Å². The van der Waals surface area contributed by atoms with Crippen molar-refractivity contribution in [1.29, 1.82) is 0 Å². The van der Waals surface area contributed by atoms with Gasteiger partial charge in [0.2, 0.25) is 5.91 Å². The number of halogens is 2. The Kier molecular flexibility index (Phi) is 4.27. The molecular formula is C16H19Cl2N3O2. The molecule has 0 spiro atoms. The van der Waals surface area contributed by atoms with E-state index in [2.05, 4.69) is 10.3 Å². The summed E-state index contributed by atoms with van der Waals surface area (Å²) in [6.07, 6.45) is 4.58. The molecule has 23 heavy (non-hydrogen) atoms. The van der Waals surface area contributed by atoms with Gasteiger partial charge < -0.3 is 10.2 Å². The van der Waals surface area contributed by atoms with Gasteiger partial charge >= 0.3 is 0 Å². The van der Waals surface area contributed by atoms with E-state index in [0.717, 1.165) is 12.8 Å². The number of β-lactam (4-membered cyclic amide) rings is 1. The minimum Gasteiger partial charge on any atom is -0.351 e. The number of amides is 2. The van der Waals surface area contributed by atoms with Crippen molar-refractivity contribution in [1.82, 2.24) is 15.2 Å². The molecule has 0 aromatic carbocycles. The van der Waals surface area contributed by atoms with Gasteiger partial charge in [0.05, 0.1) is 21.0 Å². The number of pyridine rings is 1. The molecular weight excluding hydrogens is 337 g/mol. The van der Waals surface area contributed by atoms with Crippen molar-refractivity contribution in [3.05, 3.63) is 28.0 Å². The van der Waals surface area contributed by atoms with E-state index in [0.29, 0.717) is 24.6 Å². The molecule has 2 fully saturated rings. The SMILES string of the molecule is CC1(C)C(=O)NC1C1CCN(C(=O)c2c(Cl)cncc2Cl)CC1. The second-order valence-corrected chi connectivity index (χ2v) is 7.59. The van der Waals surface area contributed by atoms with Gasteiger partial charge in [-0.15, -0.1) is 0 Å². The molecule has 5 nitrogen and oxygen atoms in total. The minimum atomic E-state index is -0.311. The van der Waals surface area contributed by atoms with Gasteiger partial charge in [-0.2, -0.15) is 0 Å². The number of nitrogens with one attached hydrogen (secondary N) is 1. The summed E-state index contributed by atoms with van der Waals surface area (Å²) >= 11 is 12.1. The second-order valence-electron chi connectivity index (χ2n) is 6.78. The van der Waals surface area contributed by atoms with Gasteiger partial charge in [0.25, 0.3) is 5.91 Å². The molecule has 7 heteroatoms. The summed E-state index contributed by atoms with van der Waals surface area (Å²) in [6, 6.07) is 0.195. The van der Waals surface area contributed by atoms with Crippen LogP contribution in [0.15, 0.2) is 12.4 Å².